The van der Waals surface area contributed by atoms with Crippen molar-refractivity contribution in [2.45, 2.75) is 13.5 Å². The molecule has 90 valence electrons. The van der Waals surface area contributed by atoms with Crippen molar-refractivity contribution in [2.24, 2.45) is 0 Å². The summed E-state index contributed by atoms with van der Waals surface area (Å²) in [5.41, 5.74) is 0.885. The van der Waals surface area contributed by atoms with Crippen LogP contribution in [0.5, 0.6) is 0 Å². The molecule has 0 aliphatic rings. The van der Waals surface area contributed by atoms with Crippen molar-refractivity contribution in [1.82, 2.24) is 4.90 Å². The highest BCUT2D eigenvalue weighted by Gasteiger charge is 2.13. The van der Waals surface area contributed by atoms with Crippen molar-refractivity contribution >= 4 is 17.3 Å². The first-order valence-electron chi connectivity index (χ1n) is 5.20. The summed E-state index contributed by atoms with van der Waals surface area (Å²) in [6.07, 6.45) is 0. The molecule has 1 aromatic heterocycles. The van der Waals surface area contributed by atoms with Crippen LogP contribution in [0, 0.1) is 0 Å². The molecule has 1 rings (SSSR count). The minimum atomic E-state index is -0.840. The van der Waals surface area contributed by atoms with Gasteiger partial charge < -0.3 is 9.84 Å². The normalized spacial score (nSPS) is 10.9. The molecule has 4 nitrogen and oxygen atoms in total. The maximum absolute atomic E-state index is 10.9. The second-order valence-electron chi connectivity index (χ2n) is 3.44. The molecule has 16 heavy (non-hydrogen) atoms. The zero-order valence-corrected chi connectivity index (χ0v) is 10.4. The number of thiophene rings is 1. The van der Waals surface area contributed by atoms with E-state index in [-0.39, 0.29) is 0 Å². The average Bonchev–Trinajstić information content (AvgIpc) is 2.72. The quantitative estimate of drug-likeness (QED) is 0.795. The van der Waals surface area contributed by atoms with Crippen LogP contribution in [0.4, 0.5) is 0 Å². The Bertz CT molecular complexity index is 338. The van der Waals surface area contributed by atoms with Gasteiger partial charge in [-0.05, 0) is 23.6 Å². The van der Waals surface area contributed by atoms with Gasteiger partial charge in [0.25, 0.3) is 0 Å². The highest BCUT2D eigenvalue weighted by atomic mass is 32.1. The summed E-state index contributed by atoms with van der Waals surface area (Å²) in [4.78, 5) is 13.5. The maximum Gasteiger partial charge on any atom is 0.346 e. The second-order valence-corrected chi connectivity index (χ2v) is 4.36. The molecule has 0 fully saturated rings. The lowest BCUT2D eigenvalue weighted by atomic mass is 10.2. The summed E-state index contributed by atoms with van der Waals surface area (Å²) in [5, 5.41) is 10.8. The standard InChI is InChI=1S/C11H17NO3S/c1-3-12(5-6-15-2)8-9-4-7-16-10(9)11(13)14/h4,7H,3,5-6,8H2,1-2H3,(H,13,14). The number of hydrogen-bond acceptors (Lipinski definition) is 4. The number of carboxylic acid groups (broad SMARTS) is 1. The molecule has 1 heterocycles. The predicted molar refractivity (Wildman–Crippen MR) is 64.1 cm³/mol. The van der Waals surface area contributed by atoms with Gasteiger partial charge in [-0.2, -0.15) is 0 Å². The Hall–Kier alpha value is -0.910. The van der Waals surface area contributed by atoms with Crippen LogP contribution >= 0.6 is 11.3 Å². The molecule has 1 N–H and O–H groups in total. The molecule has 0 aliphatic heterocycles. The zero-order chi connectivity index (χ0) is 12.0. The van der Waals surface area contributed by atoms with Crippen molar-refractivity contribution in [3.63, 3.8) is 0 Å². The molecule has 0 atom stereocenters. The van der Waals surface area contributed by atoms with Gasteiger partial charge in [0.1, 0.15) is 4.88 Å². The van der Waals surface area contributed by atoms with E-state index in [0.717, 1.165) is 18.7 Å². The van der Waals surface area contributed by atoms with Crippen LogP contribution < -0.4 is 0 Å². The number of aromatic carboxylic acids is 1. The van der Waals surface area contributed by atoms with Crippen molar-refractivity contribution < 1.29 is 14.6 Å². The zero-order valence-electron chi connectivity index (χ0n) is 9.60. The molecule has 0 radical (unpaired) electrons. The van der Waals surface area contributed by atoms with Gasteiger partial charge in [0.2, 0.25) is 0 Å². The topological polar surface area (TPSA) is 49.8 Å². The Kier molecular flexibility index (Phi) is 5.45. The monoisotopic (exact) mass is 243 g/mol. The van der Waals surface area contributed by atoms with Crippen LogP contribution in [0.1, 0.15) is 22.2 Å². The van der Waals surface area contributed by atoms with E-state index in [1.165, 1.54) is 11.3 Å². The van der Waals surface area contributed by atoms with Crippen LogP contribution in [0.3, 0.4) is 0 Å². The van der Waals surface area contributed by atoms with Crippen molar-refractivity contribution in [3.8, 4) is 0 Å². The molecular weight excluding hydrogens is 226 g/mol. The molecule has 0 unspecified atom stereocenters. The Balaban J connectivity index is 2.62. The van der Waals surface area contributed by atoms with Crippen molar-refractivity contribution in [3.05, 3.63) is 21.9 Å². The Morgan fingerprint density at radius 3 is 2.94 bits per heavy atom. The maximum atomic E-state index is 10.9. The van der Waals surface area contributed by atoms with E-state index < -0.39 is 5.97 Å². The molecule has 0 amide bonds. The molecule has 5 heteroatoms. The van der Waals surface area contributed by atoms with E-state index in [9.17, 15) is 4.79 Å². The number of methoxy groups -OCH3 is 1. The number of rotatable bonds is 7. The van der Waals surface area contributed by atoms with Crippen LogP contribution in [-0.4, -0.2) is 42.8 Å². The molecule has 0 aromatic carbocycles. The molecule has 0 bridgehead atoms. The van der Waals surface area contributed by atoms with Crippen molar-refractivity contribution in [1.29, 1.82) is 0 Å². The molecule has 0 spiro atoms. The summed E-state index contributed by atoms with van der Waals surface area (Å²) in [6, 6.07) is 1.88. The highest BCUT2D eigenvalue weighted by Crippen LogP contribution is 2.18. The molecule has 0 saturated heterocycles. The second kappa shape index (κ2) is 6.62. The number of nitrogens with zero attached hydrogens (tertiary/aromatic N) is 1. The van der Waals surface area contributed by atoms with Gasteiger partial charge in [0, 0.05) is 20.2 Å². The van der Waals surface area contributed by atoms with Crippen LogP contribution in [0.2, 0.25) is 0 Å². The van der Waals surface area contributed by atoms with Gasteiger partial charge in [-0.15, -0.1) is 11.3 Å². The number of carboxylic acids is 1. The Morgan fingerprint density at radius 2 is 2.38 bits per heavy atom. The fraction of sp³-hybridized carbons (Fsp3) is 0.545. The van der Waals surface area contributed by atoms with Crippen LogP contribution in [-0.2, 0) is 11.3 Å². The van der Waals surface area contributed by atoms with Gasteiger partial charge >= 0.3 is 5.97 Å². The number of likely N-dealkylation sites (N-methyl/N-ethyl adjacent to an activating group) is 1. The SMILES string of the molecule is CCN(CCOC)Cc1ccsc1C(=O)O. The smallest absolute Gasteiger partial charge is 0.346 e. The molecular formula is C11H17NO3S. The third-order valence-corrected chi connectivity index (χ3v) is 3.34. The average molecular weight is 243 g/mol. The van der Waals surface area contributed by atoms with Gasteiger partial charge in [-0.25, -0.2) is 4.79 Å². The Morgan fingerprint density at radius 1 is 1.62 bits per heavy atom. The first-order chi connectivity index (χ1) is 7.69. The third-order valence-electron chi connectivity index (χ3n) is 2.39. The fourth-order valence-electron chi connectivity index (χ4n) is 1.46. The molecule has 1 aromatic rings. The summed E-state index contributed by atoms with van der Waals surface area (Å²) in [7, 11) is 1.67. The van der Waals surface area contributed by atoms with E-state index in [4.69, 9.17) is 9.84 Å². The van der Waals surface area contributed by atoms with E-state index in [2.05, 4.69) is 11.8 Å². The van der Waals surface area contributed by atoms with Crippen LogP contribution in [0.25, 0.3) is 0 Å². The van der Waals surface area contributed by atoms with Gasteiger partial charge in [-0.3, -0.25) is 4.90 Å². The number of carbonyl (C=O) groups is 1. The van der Waals surface area contributed by atoms with E-state index in [0.29, 0.717) is 18.0 Å². The number of ether oxygens (including phenoxy) is 1. The van der Waals surface area contributed by atoms with E-state index in [1.807, 2.05) is 11.4 Å². The summed E-state index contributed by atoms with van der Waals surface area (Å²) in [5.74, 6) is -0.840. The fourth-order valence-corrected chi connectivity index (χ4v) is 2.21. The molecule has 0 aliphatic carbocycles. The number of hydrogen-bond donors (Lipinski definition) is 1. The lowest BCUT2D eigenvalue weighted by Gasteiger charge is -2.19. The molecule has 0 saturated carbocycles. The third kappa shape index (κ3) is 3.59. The largest absolute Gasteiger partial charge is 0.477 e. The van der Waals surface area contributed by atoms with Crippen molar-refractivity contribution in [2.75, 3.05) is 26.8 Å². The van der Waals surface area contributed by atoms with Gasteiger partial charge in [0.05, 0.1) is 6.61 Å². The summed E-state index contributed by atoms with van der Waals surface area (Å²) < 4.78 is 5.02. The minimum Gasteiger partial charge on any atom is -0.477 e. The lowest BCUT2D eigenvalue weighted by Crippen LogP contribution is -2.27. The Labute approximate surface area is 99.5 Å². The first kappa shape index (κ1) is 13.2. The first-order valence-corrected chi connectivity index (χ1v) is 6.08. The highest BCUT2D eigenvalue weighted by molar-refractivity contribution is 7.12. The van der Waals surface area contributed by atoms with Gasteiger partial charge in [0.15, 0.2) is 0 Å². The van der Waals surface area contributed by atoms with E-state index >= 15 is 0 Å². The van der Waals surface area contributed by atoms with Gasteiger partial charge in [-0.1, -0.05) is 6.92 Å². The lowest BCUT2D eigenvalue weighted by molar-refractivity contribution is 0.0699. The summed E-state index contributed by atoms with van der Waals surface area (Å²) in [6.45, 7) is 5.11. The summed E-state index contributed by atoms with van der Waals surface area (Å²) >= 11 is 1.28. The van der Waals surface area contributed by atoms with E-state index in [1.54, 1.807) is 7.11 Å². The van der Waals surface area contributed by atoms with Crippen LogP contribution in [0.15, 0.2) is 11.4 Å². The predicted octanol–water partition coefficient (Wildman–Crippen LogP) is 1.91. The minimum absolute atomic E-state index is 0.441.